The van der Waals surface area contributed by atoms with Crippen LogP contribution < -0.4 is 5.32 Å². The summed E-state index contributed by atoms with van der Waals surface area (Å²) in [5.41, 5.74) is 0. The summed E-state index contributed by atoms with van der Waals surface area (Å²) in [4.78, 5) is 23.1. The number of phosphoric acid groups is 1. The van der Waals surface area contributed by atoms with Crippen molar-refractivity contribution in [2.45, 2.75) is 187 Å². The molecule has 3 atom stereocenters. The van der Waals surface area contributed by atoms with Crippen molar-refractivity contribution in [3.63, 3.8) is 0 Å². The predicted octanol–water partition coefficient (Wildman–Crippen LogP) is 11.7. The zero-order chi connectivity index (χ0) is 39.3. The number of aliphatic hydroxyl groups excluding tert-OH is 1. The Bertz CT molecular complexity index is 1010. The van der Waals surface area contributed by atoms with E-state index in [0.29, 0.717) is 23.9 Å². The summed E-state index contributed by atoms with van der Waals surface area (Å²) in [6.45, 7) is 4.74. The number of hydrogen-bond donors (Lipinski definition) is 3. The van der Waals surface area contributed by atoms with E-state index in [1.54, 1.807) is 0 Å². The number of amides is 1. The molecule has 0 aromatic carbocycles. The molecule has 0 aromatic heterocycles. The van der Waals surface area contributed by atoms with Gasteiger partial charge in [-0.15, -0.1) is 0 Å². The average Bonchev–Trinajstić information content (AvgIpc) is 3.10. The second-order valence-electron chi connectivity index (χ2n) is 15.7. The van der Waals surface area contributed by atoms with Gasteiger partial charge in [-0.2, -0.15) is 0 Å². The van der Waals surface area contributed by atoms with E-state index in [4.69, 9.17) is 9.05 Å². The molecule has 0 bridgehead atoms. The number of quaternary nitrogens is 1. The van der Waals surface area contributed by atoms with Gasteiger partial charge in [-0.1, -0.05) is 165 Å². The van der Waals surface area contributed by atoms with Gasteiger partial charge in [0.1, 0.15) is 13.2 Å². The van der Waals surface area contributed by atoms with E-state index >= 15 is 0 Å². The molecule has 8 nitrogen and oxygen atoms in total. The van der Waals surface area contributed by atoms with Gasteiger partial charge in [0.05, 0.1) is 39.9 Å². The third kappa shape index (κ3) is 38.5. The van der Waals surface area contributed by atoms with Crippen molar-refractivity contribution in [2.24, 2.45) is 0 Å². The Hall–Kier alpha value is -1.54. The van der Waals surface area contributed by atoms with Crippen LogP contribution in [0.4, 0.5) is 0 Å². The Kier molecular flexibility index (Phi) is 35.1. The number of aliphatic hydroxyl groups is 1. The van der Waals surface area contributed by atoms with Gasteiger partial charge in [0.2, 0.25) is 5.91 Å². The zero-order valence-corrected chi connectivity index (χ0v) is 35.9. The Morgan fingerprint density at radius 3 is 1.66 bits per heavy atom. The van der Waals surface area contributed by atoms with Gasteiger partial charge >= 0.3 is 7.82 Å². The van der Waals surface area contributed by atoms with Crippen LogP contribution in [0.2, 0.25) is 0 Å². The van der Waals surface area contributed by atoms with Crippen LogP contribution in [0.3, 0.4) is 0 Å². The van der Waals surface area contributed by atoms with Gasteiger partial charge in [0, 0.05) is 6.42 Å². The molecule has 0 heterocycles. The number of nitrogens with one attached hydrogen (secondary N) is 1. The second kappa shape index (κ2) is 36.1. The smallest absolute Gasteiger partial charge is 0.391 e. The van der Waals surface area contributed by atoms with Gasteiger partial charge in [-0.05, 0) is 51.4 Å². The molecule has 1 amide bonds. The summed E-state index contributed by atoms with van der Waals surface area (Å²) >= 11 is 0. The maximum Gasteiger partial charge on any atom is 0.472 e. The van der Waals surface area contributed by atoms with E-state index in [1.165, 1.54) is 70.6 Å². The molecule has 53 heavy (non-hydrogen) atoms. The fourth-order valence-electron chi connectivity index (χ4n) is 5.92. The molecule has 0 saturated carbocycles. The summed E-state index contributed by atoms with van der Waals surface area (Å²) in [6.07, 6.45) is 44.1. The highest BCUT2D eigenvalue weighted by molar-refractivity contribution is 7.47. The van der Waals surface area contributed by atoms with E-state index in [2.05, 4.69) is 67.8 Å². The third-order valence-electron chi connectivity index (χ3n) is 9.34. The molecular weight excluding hydrogens is 683 g/mol. The fraction of sp³-hybridized carbons (Fsp3) is 0.795. The number of carbonyl (C=O) groups excluding carboxylic acids is 1. The van der Waals surface area contributed by atoms with Crippen LogP contribution in [0, 0.1) is 0 Å². The van der Waals surface area contributed by atoms with Crippen molar-refractivity contribution in [3.05, 3.63) is 48.6 Å². The van der Waals surface area contributed by atoms with Crippen molar-refractivity contribution in [1.82, 2.24) is 5.32 Å². The van der Waals surface area contributed by atoms with Crippen LogP contribution >= 0.6 is 7.82 Å². The van der Waals surface area contributed by atoms with Crippen LogP contribution in [0.5, 0.6) is 0 Å². The third-order valence-corrected chi connectivity index (χ3v) is 10.3. The molecule has 0 aliphatic rings. The first-order valence-corrected chi connectivity index (χ1v) is 23.0. The van der Waals surface area contributed by atoms with E-state index in [1.807, 2.05) is 21.1 Å². The highest BCUT2D eigenvalue weighted by Gasteiger charge is 2.28. The Morgan fingerprint density at radius 1 is 0.660 bits per heavy atom. The van der Waals surface area contributed by atoms with Crippen molar-refractivity contribution in [1.29, 1.82) is 0 Å². The van der Waals surface area contributed by atoms with Gasteiger partial charge in [0.25, 0.3) is 0 Å². The summed E-state index contributed by atoms with van der Waals surface area (Å²) in [5, 5.41) is 13.9. The number of allylic oxidation sites excluding steroid dienone is 8. The summed E-state index contributed by atoms with van der Waals surface area (Å²) in [6, 6.07) is -0.773. The van der Waals surface area contributed by atoms with Crippen LogP contribution in [0.15, 0.2) is 48.6 Å². The molecule has 3 unspecified atom stereocenters. The van der Waals surface area contributed by atoms with Crippen molar-refractivity contribution in [3.8, 4) is 0 Å². The summed E-state index contributed by atoms with van der Waals surface area (Å²) < 4.78 is 23.6. The molecule has 0 aliphatic heterocycles. The van der Waals surface area contributed by atoms with Crippen molar-refractivity contribution in [2.75, 3.05) is 40.9 Å². The maximum atomic E-state index is 12.9. The molecule has 0 fully saturated rings. The highest BCUT2D eigenvalue weighted by atomic mass is 31.2. The summed E-state index contributed by atoms with van der Waals surface area (Å²) in [7, 11) is 1.59. The van der Waals surface area contributed by atoms with Gasteiger partial charge in [-0.3, -0.25) is 13.8 Å². The van der Waals surface area contributed by atoms with E-state index < -0.39 is 20.0 Å². The van der Waals surface area contributed by atoms with Crippen LogP contribution in [0.1, 0.15) is 174 Å². The summed E-state index contributed by atoms with van der Waals surface area (Å²) in [5.74, 6) is -0.170. The molecule has 0 radical (unpaired) electrons. The highest BCUT2D eigenvalue weighted by Crippen LogP contribution is 2.43. The molecule has 0 rings (SSSR count). The fourth-order valence-corrected chi connectivity index (χ4v) is 6.65. The lowest BCUT2D eigenvalue weighted by Gasteiger charge is -2.26. The molecule has 0 aliphatic carbocycles. The Morgan fingerprint density at radius 2 is 1.13 bits per heavy atom. The number of nitrogens with zero attached hydrogens (tertiary/aromatic N) is 1. The lowest BCUT2D eigenvalue weighted by Crippen LogP contribution is -2.46. The van der Waals surface area contributed by atoms with E-state index in [-0.39, 0.29) is 19.1 Å². The quantitative estimate of drug-likeness (QED) is 0.0250. The number of phosphoric ester groups is 1. The van der Waals surface area contributed by atoms with Crippen molar-refractivity contribution >= 4 is 13.7 Å². The number of rotatable bonds is 38. The minimum atomic E-state index is -4.32. The number of unbranched alkanes of at least 4 members (excludes halogenated alkanes) is 17. The average molecular weight is 768 g/mol. The lowest BCUT2D eigenvalue weighted by atomic mass is 10.0. The molecule has 3 N–H and O–H groups in total. The molecule has 9 heteroatoms. The molecule has 0 aromatic rings. The van der Waals surface area contributed by atoms with E-state index in [9.17, 15) is 19.4 Å². The van der Waals surface area contributed by atoms with Crippen LogP contribution in [0.25, 0.3) is 0 Å². The van der Waals surface area contributed by atoms with Crippen molar-refractivity contribution < 1.29 is 32.9 Å². The number of hydrogen-bond acceptors (Lipinski definition) is 5. The lowest BCUT2D eigenvalue weighted by molar-refractivity contribution is -0.870. The van der Waals surface area contributed by atoms with Crippen LogP contribution in [-0.2, 0) is 18.4 Å². The zero-order valence-electron chi connectivity index (χ0n) is 35.0. The monoisotopic (exact) mass is 768 g/mol. The molecule has 310 valence electrons. The number of carbonyl (C=O) groups is 1. The largest absolute Gasteiger partial charge is 0.472 e. The van der Waals surface area contributed by atoms with Crippen LogP contribution in [-0.4, -0.2) is 73.4 Å². The van der Waals surface area contributed by atoms with Gasteiger partial charge < -0.3 is 19.8 Å². The topological polar surface area (TPSA) is 105 Å². The standard InChI is InChI=1S/C44H83N2O6P/c1-6-8-10-12-14-16-18-20-22-23-24-26-28-30-32-34-36-38-44(48)45-42(41-52-53(49,50)51-40-39-46(3,4)5)43(47)37-35-33-31-29-27-25-21-19-17-15-13-11-9-7-2/h8,10,14,16,20,22,24,26,42-43,47H,6-7,9,11-13,15,17-19,21,23,25,27-41H2,1-5H3,(H-,45,48,49,50)/p+1/b10-8-,16-14-,22-20-,26-24-. The second-order valence-corrected chi connectivity index (χ2v) is 17.1. The SMILES string of the molecule is CC/C=C\C/C=C\C/C=C\C/C=C\CCCCCCC(=O)NC(COP(=O)(O)OCC[N+](C)(C)C)C(O)CCCCCCCCCCCCCCCC. The molecule has 0 spiro atoms. The van der Waals surface area contributed by atoms with E-state index in [0.717, 1.165) is 77.0 Å². The van der Waals surface area contributed by atoms with Gasteiger partial charge in [-0.25, -0.2) is 4.57 Å². The number of likely N-dealkylation sites (N-methyl/N-ethyl adjacent to an activating group) is 1. The molecule has 0 saturated heterocycles. The molecular formula is C44H84N2O6P+. The first-order valence-electron chi connectivity index (χ1n) is 21.5. The Balaban J connectivity index is 4.45. The Labute approximate surface area is 327 Å². The normalized spacial score (nSPS) is 14.9. The minimum absolute atomic E-state index is 0.0676. The maximum absolute atomic E-state index is 12.9. The van der Waals surface area contributed by atoms with Gasteiger partial charge in [0.15, 0.2) is 0 Å². The first-order chi connectivity index (χ1) is 25.5. The first kappa shape index (κ1) is 51.5. The minimum Gasteiger partial charge on any atom is -0.391 e. The predicted molar refractivity (Wildman–Crippen MR) is 226 cm³/mol.